The maximum absolute atomic E-state index is 13.5. The number of nitrogens with zero attached hydrogens (tertiary/aromatic N) is 2. The van der Waals surface area contributed by atoms with Crippen LogP contribution in [0.15, 0.2) is 77.8 Å². The number of sulfone groups is 1. The van der Waals surface area contributed by atoms with Crippen LogP contribution in [-0.2, 0) is 21.2 Å². The lowest BCUT2D eigenvalue weighted by molar-refractivity contribution is -0.274. The largest absolute Gasteiger partial charge is 0.573 e. The third-order valence-electron chi connectivity index (χ3n) is 6.11. The molecule has 0 saturated carbocycles. The number of hydrogen-bond acceptors (Lipinski definition) is 7. The number of likely N-dealkylation sites (tertiary alicyclic amines) is 1. The van der Waals surface area contributed by atoms with E-state index in [4.69, 9.17) is 4.74 Å². The smallest absolute Gasteiger partial charge is 0.480 e. The number of carboxylic acids is 1. The standard InChI is InChI=1S/C25H23F3N2O6S/c26-25(27,28)36-21-6-4-19(5-7-21)35-20-8-10-22(11-9-20)37(33,34)24(23(31)32)12-15-30(16-13-24)17-18-3-1-2-14-29-18/h1-11,14H,12-13,15-17H2,(H,31,32). The van der Waals surface area contributed by atoms with Gasteiger partial charge in [-0.15, -0.1) is 13.2 Å². The van der Waals surface area contributed by atoms with Crippen molar-refractivity contribution in [2.24, 2.45) is 0 Å². The van der Waals surface area contributed by atoms with Crippen molar-refractivity contribution in [3.05, 3.63) is 78.6 Å². The van der Waals surface area contributed by atoms with Gasteiger partial charge in [0.2, 0.25) is 0 Å². The number of rotatable bonds is 8. The highest BCUT2D eigenvalue weighted by molar-refractivity contribution is 7.93. The molecule has 2 heterocycles. The van der Waals surface area contributed by atoms with Gasteiger partial charge in [0.15, 0.2) is 14.6 Å². The Balaban J connectivity index is 1.45. The summed E-state index contributed by atoms with van der Waals surface area (Å²) in [6.07, 6.45) is -3.31. The van der Waals surface area contributed by atoms with Gasteiger partial charge in [0, 0.05) is 25.8 Å². The number of hydrogen-bond donors (Lipinski definition) is 1. The molecule has 0 atom stereocenters. The molecule has 196 valence electrons. The number of pyridine rings is 1. The average Bonchev–Trinajstić information content (AvgIpc) is 2.85. The van der Waals surface area contributed by atoms with E-state index in [2.05, 4.69) is 9.72 Å². The maximum atomic E-state index is 13.5. The summed E-state index contributed by atoms with van der Waals surface area (Å²) in [5.41, 5.74) is 0.811. The lowest BCUT2D eigenvalue weighted by Gasteiger charge is -2.38. The average molecular weight is 537 g/mol. The van der Waals surface area contributed by atoms with Crippen molar-refractivity contribution >= 4 is 15.8 Å². The summed E-state index contributed by atoms with van der Waals surface area (Å²) in [5.74, 6) is -1.39. The zero-order valence-electron chi connectivity index (χ0n) is 19.4. The number of alkyl halides is 3. The van der Waals surface area contributed by atoms with Crippen molar-refractivity contribution < 1.29 is 41.0 Å². The van der Waals surface area contributed by atoms with E-state index in [9.17, 15) is 31.5 Å². The molecule has 1 N–H and O–H groups in total. The second-order valence-electron chi connectivity index (χ2n) is 8.49. The number of aliphatic carboxylic acids is 1. The molecule has 0 radical (unpaired) electrons. The molecule has 0 spiro atoms. The first-order valence-corrected chi connectivity index (χ1v) is 12.7. The fraction of sp³-hybridized carbons (Fsp3) is 0.280. The van der Waals surface area contributed by atoms with Crippen molar-refractivity contribution in [1.29, 1.82) is 0 Å². The van der Waals surface area contributed by atoms with Crippen LogP contribution in [0.3, 0.4) is 0 Å². The Morgan fingerprint density at radius 3 is 2.03 bits per heavy atom. The molecule has 0 amide bonds. The molecule has 0 unspecified atom stereocenters. The number of carbonyl (C=O) groups is 1. The minimum Gasteiger partial charge on any atom is -0.480 e. The highest BCUT2D eigenvalue weighted by atomic mass is 32.2. The number of benzene rings is 2. The van der Waals surface area contributed by atoms with Gasteiger partial charge in [-0.25, -0.2) is 8.42 Å². The van der Waals surface area contributed by atoms with E-state index in [0.717, 1.165) is 17.8 Å². The summed E-state index contributed by atoms with van der Waals surface area (Å²) in [6.45, 7) is 1.04. The van der Waals surface area contributed by atoms with Crippen LogP contribution >= 0.6 is 0 Å². The summed E-state index contributed by atoms with van der Waals surface area (Å²) in [4.78, 5) is 18.3. The fourth-order valence-corrected chi connectivity index (χ4v) is 6.04. The SMILES string of the molecule is O=C(O)C1(S(=O)(=O)c2ccc(Oc3ccc(OC(F)(F)F)cc3)cc2)CCN(Cc2ccccn2)CC1. The van der Waals surface area contributed by atoms with Crippen LogP contribution in [0.1, 0.15) is 18.5 Å². The molecule has 0 bridgehead atoms. The number of carboxylic acid groups (broad SMARTS) is 1. The zero-order chi connectivity index (χ0) is 26.7. The number of ether oxygens (including phenoxy) is 2. The van der Waals surface area contributed by atoms with Crippen LogP contribution in [-0.4, -0.2) is 53.6 Å². The highest BCUT2D eigenvalue weighted by Gasteiger charge is 2.53. The molecule has 2 aromatic carbocycles. The fourth-order valence-electron chi connectivity index (χ4n) is 4.15. The maximum Gasteiger partial charge on any atom is 0.573 e. The van der Waals surface area contributed by atoms with Crippen LogP contribution < -0.4 is 9.47 Å². The second-order valence-corrected chi connectivity index (χ2v) is 10.8. The van der Waals surface area contributed by atoms with E-state index in [0.29, 0.717) is 6.54 Å². The summed E-state index contributed by atoms with van der Waals surface area (Å²) < 4.78 is 71.2. The molecule has 1 aliphatic rings. The van der Waals surface area contributed by atoms with Crippen LogP contribution in [0.25, 0.3) is 0 Å². The summed E-state index contributed by atoms with van der Waals surface area (Å²) >= 11 is 0. The first kappa shape index (κ1) is 26.4. The van der Waals surface area contributed by atoms with Gasteiger partial charge >= 0.3 is 12.3 Å². The van der Waals surface area contributed by atoms with Gasteiger partial charge in [-0.3, -0.25) is 14.7 Å². The molecule has 3 aromatic rings. The van der Waals surface area contributed by atoms with Gasteiger partial charge in [0.1, 0.15) is 17.2 Å². The molecule has 37 heavy (non-hydrogen) atoms. The van der Waals surface area contributed by atoms with E-state index in [1.165, 1.54) is 36.4 Å². The van der Waals surface area contributed by atoms with Gasteiger partial charge in [-0.1, -0.05) is 6.07 Å². The Morgan fingerprint density at radius 2 is 1.51 bits per heavy atom. The number of piperidine rings is 1. The second kappa shape index (κ2) is 10.4. The normalized spacial score (nSPS) is 16.2. The minimum atomic E-state index is -4.81. The Labute approximate surface area is 211 Å². The van der Waals surface area contributed by atoms with E-state index in [-0.39, 0.29) is 42.3 Å². The Kier molecular flexibility index (Phi) is 7.42. The summed E-state index contributed by atoms with van der Waals surface area (Å²) in [5, 5.41) is 9.99. The van der Waals surface area contributed by atoms with Crippen molar-refractivity contribution in [2.75, 3.05) is 13.1 Å². The van der Waals surface area contributed by atoms with Gasteiger partial charge in [-0.05, 0) is 73.5 Å². The molecular weight excluding hydrogens is 513 g/mol. The predicted molar refractivity (Wildman–Crippen MR) is 126 cm³/mol. The summed E-state index contributed by atoms with van der Waals surface area (Å²) in [7, 11) is -4.25. The lowest BCUT2D eigenvalue weighted by Crippen LogP contribution is -2.54. The zero-order valence-corrected chi connectivity index (χ0v) is 20.2. The quantitative estimate of drug-likeness (QED) is 0.443. The van der Waals surface area contributed by atoms with Crippen molar-refractivity contribution in [2.45, 2.75) is 35.4 Å². The molecular formula is C25H23F3N2O6S. The van der Waals surface area contributed by atoms with Gasteiger partial charge in [0.25, 0.3) is 0 Å². The van der Waals surface area contributed by atoms with Crippen molar-refractivity contribution in [3.8, 4) is 17.2 Å². The molecule has 8 nitrogen and oxygen atoms in total. The van der Waals surface area contributed by atoms with Crippen molar-refractivity contribution in [1.82, 2.24) is 9.88 Å². The topological polar surface area (TPSA) is 106 Å². The van der Waals surface area contributed by atoms with E-state index < -0.39 is 32.7 Å². The molecule has 1 saturated heterocycles. The van der Waals surface area contributed by atoms with Gasteiger partial charge < -0.3 is 14.6 Å². The minimum absolute atomic E-state index is 0.0813. The van der Waals surface area contributed by atoms with Crippen LogP contribution in [0.4, 0.5) is 13.2 Å². The van der Waals surface area contributed by atoms with Crippen LogP contribution in [0, 0.1) is 0 Å². The predicted octanol–water partition coefficient (Wildman–Crippen LogP) is 4.67. The Bertz CT molecular complexity index is 1320. The first-order chi connectivity index (χ1) is 17.5. The van der Waals surface area contributed by atoms with Crippen LogP contribution in [0.5, 0.6) is 17.2 Å². The van der Waals surface area contributed by atoms with Crippen LogP contribution in [0.2, 0.25) is 0 Å². The Morgan fingerprint density at radius 1 is 0.946 bits per heavy atom. The third kappa shape index (κ3) is 6.03. The van der Waals surface area contributed by atoms with Gasteiger partial charge in [-0.2, -0.15) is 0 Å². The summed E-state index contributed by atoms with van der Waals surface area (Å²) in [6, 6.07) is 15.4. The Hall–Kier alpha value is -3.64. The number of halogens is 3. The van der Waals surface area contributed by atoms with E-state index in [1.807, 2.05) is 17.0 Å². The van der Waals surface area contributed by atoms with Gasteiger partial charge in [0.05, 0.1) is 10.6 Å². The number of aromatic nitrogens is 1. The van der Waals surface area contributed by atoms with Crippen molar-refractivity contribution in [3.63, 3.8) is 0 Å². The first-order valence-electron chi connectivity index (χ1n) is 11.2. The highest BCUT2D eigenvalue weighted by Crippen LogP contribution is 2.37. The molecule has 4 rings (SSSR count). The lowest BCUT2D eigenvalue weighted by atomic mass is 9.95. The van der Waals surface area contributed by atoms with E-state index >= 15 is 0 Å². The molecule has 12 heteroatoms. The molecule has 1 fully saturated rings. The third-order valence-corrected chi connectivity index (χ3v) is 8.61. The van der Waals surface area contributed by atoms with E-state index in [1.54, 1.807) is 12.3 Å². The molecule has 1 aromatic heterocycles. The monoisotopic (exact) mass is 536 g/mol. The molecule has 0 aliphatic carbocycles. The molecule has 1 aliphatic heterocycles.